The van der Waals surface area contributed by atoms with Crippen LogP contribution in [-0.4, -0.2) is 31.2 Å². The predicted octanol–water partition coefficient (Wildman–Crippen LogP) is 1.67. The third-order valence-electron chi connectivity index (χ3n) is 2.93. The second kappa shape index (κ2) is 6.16. The number of aromatic nitrogens is 4. The normalized spacial score (nSPS) is 12.3. The molecule has 0 radical (unpaired) electrons. The molecule has 0 aromatic carbocycles. The molecule has 0 spiro atoms. The van der Waals surface area contributed by atoms with Gasteiger partial charge in [-0.25, -0.2) is 4.68 Å². The monoisotopic (exact) mass is 334 g/mol. The van der Waals surface area contributed by atoms with Gasteiger partial charge in [0.05, 0.1) is 17.2 Å². The van der Waals surface area contributed by atoms with E-state index >= 15 is 0 Å². The molecule has 0 bridgehead atoms. The number of thioether (sulfide) groups is 1. The first-order chi connectivity index (χ1) is 11.0. The number of carbonyl (C=O) groups excluding carboxylic acids is 1. The molecular formula is C13H14N6O3S. The lowest BCUT2D eigenvalue weighted by Gasteiger charge is -2.09. The number of nitrogens with two attached hydrogens (primary N) is 1. The van der Waals surface area contributed by atoms with Crippen LogP contribution in [0.3, 0.4) is 0 Å². The SMILES string of the molecule is Cc1cc(NC(=O)C(C)Sc2nnc(-c3ccco3)n2N)on1. The minimum Gasteiger partial charge on any atom is -0.461 e. The molecule has 1 unspecified atom stereocenters. The Bertz CT molecular complexity index is 810. The Kier molecular flexibility index (Phi) is 4.06. The van der Waals surface area contributed by atoms with Gasteiger partial charge in [-0.2, -0.15) is 0 Å². The number of nitrogens with one attached hydrogen (secondary N) is 1. The summed E-state index contributed by atoms with van der Waals surface area (Å²) in [7, 11) is 0. The van der Waals surface area contributed by atoms with Crippen molar-refractivity contribution in [1.29, 1.82) is 0 Å². The Morgan fingerprint density at radius 1 is 1.48 bits per heavy atom. The smallest absolute Gasteiger partial charge is 0.240 e. The molecule has 3 aromatic heterocycles. The van der Waals surface area contributed by atoms with E-state index in [1.165, 1.54) is 22.7 Å². The van der Waals surface area contributed by atoms with E-state index in [1.807, 2.05) is 0 Å². The Morgan fingerprint density at radius 2 is 2.30 bits per heavy atom. The number of aryl methyl sites for hydroxylation is 1. The maximum atomic E-state index is 12.1. The van der Waals surface area contributed by atoms with Crippen molar-refractivity contribution in [3.8, 4) is 11.6 Å². The summed E-state index contributed by atoms with van der Waals surface area (Å²) in [6.45, 7) is 3.49. The summed E-state index contributed by atoms with van der Waals surface area (Å²) in [4.78, 5) is 12.1. The van der Waals surface area contributed by atoms with Crippen LogP contribution in [0.15, 0.2) is 38.6 Å². The van der Waals surface area contributed by atoms with Crippen molar-refractivity contribution in [3.05, 3.63) is 30.2 Å². The summed E-state index contributed by atoms with van der Waals surface area (Å²) in [6, 6.07) is 5.09. The van der Waals surface area contributed by atoms with Gasteiger partial charge >= 0.3 is 0 Å². The van der Waals surface area contributed by atoms with Gasteiger partial charge in [-0.15, -0.1) is 10.2 Å². The fraction of sp³-hybridized carbons (Fsp3) is 0.231. The Labute approximate surface area is 135 Å². The number of hydrogen-bond acceptors (Lipinski definition) is 8. The standard InChI is InChI=1S/C13H14N6O3S/c1-7-6-10(22-18-7)15-12(20)8(2)23-13-17-16-11(19(13)14)9-4-3-5-21-9/h3-6,8H,14H2,1-2H3,(H,15,20). The molecule has 1 amide bonds. The average molecular weight is 334 g/mol. The van der Waals surface area contributed by atoms with Gasteiger partial charge in [-0.05, 0) is 26.0 Å². The lowest BCUT2D eigenvalue weighted by atomic mass is 10.4. The molecule has 1 atom stereocenters. The molecular weight excluding hydrogens is 320 g/mol. The highest BCUT2D eigenvalue weighted by atomic mass is 32.2. The van der Waals surface area contributed by atoms with E-state index in [-0.39, 0.29) is 5.91 Å². The van der Waals surface area contributed by atoms with Crippen molar-refractivity contribution >= 4 is 23.6 Å². The van der Waals surface area contributed by atoms with Crippen LogP contribution in [0.2, 0.25) is 0 Å². The molecule has 0 saturated heterocycles. The first kappa shape index (κ1) is 15.2. The summed E-state index contributed by atoms with van der Waals surface area (Å²) >= 11 is 1.17. The summed E-state index contributed by atoms with van der Waals surface area (Å²) in [5.74, 6) is 6.88. The molecule has 0 saturated carbocycles. The predicted molar refractivity (Wildman–Crippen MR) is 83.1 cm³/mol. The molecule has 3 aromatic rings. The van der Waals surface area contributed by atoms with Crippen molar-refractivity contribution < 1.29 is 13.7 Å². The number of furan rings is 1. The number of anilines is 1. The van der Waals surface area contributed by atoms with Crippen LogP contribution < -0.4 is 11.2 Å². The van der Waals surface area contributed by atoms with Crippen molar-refractivity contribution in [1.82, 2.24) is 20.0 Å². The highest BCUT2D eigenvalue weighted by Crippen LogP contribution is 2.25. The Morgan fingerprint density at radius 3 is 2.96 bits per heavy atom. The van der Waals surface area contributed by atoms with Gasteiger partial charge in [-0.1, -0.05) is 16.9 Å². The van der Waals surface area contributed by atoms with E-state index < -0.39 is 5.25 Å². The van der Waals surface area contributed by atoms with Crippen LogP contribution >= 0.6 is 11.8 Å². The second-order valence-corrected chi connectivity index (χ2v) is 6.04. The van der Waals surface area contributed by atoms with Crippen LogP contribution in [0.25, 0.3) is 11.6 Å². The lowest BCUT2D eigenvalue weighted by Crippen LogP contribution is -2.23. The highest BCUT2D eigenvalue weighted by Gasteiger charge is 2.21. The van der Waals surface area contributed by atoms with E-state index in [9.17, 15) is 4.79 Å². The minimum absolute atomic E-state index is 0.256. The molecule has 9 nitrogen and oxygen atoms in total. The number of amides is 1. The quantitative estimate of drug-likeness (QED) is 0.533. The topological polar surface area (TPSA) is 125 Å². The van der Waals surface area contributed by atoms with Gasteiger partial charge in [0, 0.05) is 6.07 Å². The Balaban J connectivity index is 1.68. The number of rotatable bonds is 5. The molecule has 0 fully saturated rings. The highest BCUT2D eigenvalue weighted by molar-refractivity contribution is 8.00. The molecule has 0 aliphatic heterocycles. The van der Waals surface area contributed by atoms with Crippen LogP contribution in [0.4, 0.5) is 5.88 Å². The van der Waals surface area contributed by atoms with Crippen LogP contribution in [0.5, 0.6) is 0 Å². The summed E-state index contributed by atoms with van der Waals surface area (Å²) in [6.07, 6.45) is 1.52. The fourth-order valence-corrected chi connectivity index (χ4v) is 2.56. The van der Waals surface area contributed by atoms with Gasteiger partial charge in [0.2, 0.25) is 22.8 Å². The van der Waals surface area contributed by atoms with Crippen molar-refractivity contribution in [3.63, 3.8) is 0 Å². The van der Waals surface area contributed by atoms with Crippen molar-refractivity contribution in [2.75, 3.05) is 11.2 Å². The molecule has 0 aliphatic rings. The zero-order chi connectivity index (χ0) is 16.4. The molecule has 120 valence electrons. The molecule has 3 rings (SSSR count). The minimum atomic E-state index is -0.462. The zero-order valence-corrected chi connectivity index (χ0v) is 13.2. The lowest BCUT2D eigenvalue weighted by molar-refractivity contribution is -0.115. The molecule has 23 heavy (non-hydrogen) atoms. The van der Waals surface area contributed by atoms with Gasteiger partial charge in [-0.3, -0.25) is 10.1 Å². The number of carbonyl (C=O) groups is 1. The summed E-state index contributed by atoms with van der Waals surface area (Å²) in [5, 5.41) is 14.2. The molecule has 3 heterocycles. The fourth-order valence-electron chi connectivity index (χ4n) is 1.79. The molecule has 0 aliphatic carbocycles. The van der Waals surface area contributed by atoms with Crippen LogP contribution in [0.1, 0.15) is 12.6 Å². The summed E-state index contributed by atoms with van der Waals surface area (Å²) < 4.78 is 11.5. The van der Waals surface area contributed by atoms with E-state index in [4.69, 9.17) is 14.8 Å². The average Bonchev–Trinajstić information content (AvgIpc) is 3.23. The van der Waals surface area contributed by atoms with Crippen molar-refractivity contribution in [2.45, 2.75) is 24.3 Å². The van der Waals surface area contributed by atoms with E-state index in [0.717, 1.165) is 0 Å². The van der Waals surface area contributed by atoms with E-state index in [2.05, 4.69) is 20.7 Å². The van der Waals surface area contributed by atoms with Gasteiger partial charge < -0.3 is 14.8 Å². The van der Waals surface area contributed by atoms with Gasteiger partial charge in [0.1, 0.15) is 0 Å². The van der Waals surface area contributed by atoms with Crippen molar-refractivity contribution in [2.24, 2.45) is 0 Å². The number of hydrogen-bond donors (Lipinski definition) is 2. The first-order valence-corrected chi connectivity index (χ1v) is 7.58. The maximum Gasteiger partial charge on any atom is 0.240 e. The van der Waals surface area contributed by atoms with E-state index in [0.29, 0.717) is 28.3 Å². The zero-order valence-electron chi connectivity index (χ0n) is 12.4. The molecule has 10 heteroatoms. The third-order valence-corrected chi connectivity index (χ3v) is 3.99. The first-order valence-electron chi connectivity index (χ1n) is 6.70. The Hall–Kier alpha value is -2.75. The number of nitrogens with zero attached hydrogens (tertiary/aromatic N) is 4. The maximum absolute atomic E-state index is 12.1. The third kappa shape index (κ3) is 3.21. The second-order valence-electron chi connectivity index (χ2n) is 4.74. The summed E-state index contributed by atoms with van der Waals surface area (Å²) in [5.41, 5.74) is 0.686. The van der Waals surface area contributed by atoms with Gasteiger partial charge in [0.15, 0.2) is 5.76 Å². The number of nitrogen functional groups attached to an aromatic ring is 1. The van der Waals surface area contributed by atoms with Crippen LogP contribution in [0, 0.1) is 6.92 Å². The van der Waals surface area contributed by atoms with E-state index in [1.54, 1.807) is 32.0 Å². The van der Waals surface area contributed by atoms with Gasteiger partial charge in [0.25, 0.3) is 0 Å². The molecule has 3 N–H and O–H groups in total. The largest absolute Gasteiger partial charge is 0.461 e. The van der Waals surface area contributed by atoms with Crippen LogP contribution in [-0.2, 0) is 4.79 Å².